The first-order chi connectivity index (χ1) is 10.6. The van der Waals surface area contributed by atoms with E-state index in [2.05, 4.69) is 15.5 Å². The predicted molar refractivity (Wildman–Crippen MR) is 84.5 cm³/mol. The van der Waals surface area contributed by atoms with E-state index >= 15 is 0 Å². The molecule has 1 saturated heterocycles. The van der Waals surface area contributed by atoms with Crippen LogP contribution in [0.4, 0.5) is 5.13 Å². The summed E-state index contributed by atoms with van der Waals surface area (Å²) in [5.74, 6) is -0.199. The van der Waals surface area contributed by atoms with Gasteiger partial charge in [0.2, 0.25) is 16.9 Å². The van der Waals surface area contributed by atoms with Crippen LogP contribution in [0.3, 0.4) is 0 Å². The summed E-state index contributed by atoms with van der Waals surface area (Å²) in [5.41, 5.74) is 2.15. The van der Waals surface area contributed by atoms with Gasteiger partial charge < -0.3 is 4.90 Å². The molecule has 0 radical (unpaired) electrons. The van der Waals surface area contributed by atoms with Crippen LogP contribution >= 0.6 is 11.3 Å². The number of hydrogen-bond donors (Lipinski definition) is 1. The van der Waals surface area contributed by atoms with Gasteiger partial charge in [-0.25, -0.2) is 0 Å². The van der Waals surface area contributed by atoms with Crippen molar-refractivity contribution in [3.05, 3.63) is 29.8 Å². The summed E-state index contributed by atoms with van der Waals surface area (Å²) in [6.07, 6.45) is 1.35. The van der Waals surface area contributed by atoms with Gasteiger partial charge in [-0.1, -0.05) is 41.2 Å². The number of nitrogens with zero attached hydrogens (tertiary/aromatic N) is 3. The fourth-order valence-electron chi connectivity index (χ4n) is 2.29. The quantitative estimate of drug-likeness (QED) is 0.937. The third-order valence-electron chi connectivity index (χ3n) is 3.48. The molecule has 7 heteroatoms. The molecule has 1 aromatic carbocycles. The number of amides is 2. The lowest BCUT2D eigenvalue weighted by Gasteiger charge is -2.13. The van der Waals surface area contributed by atoms with E-state index in [9.17, 15) is 9.59 Å². The number of anilines is 1. The van der Waals surface area contributed by atoms with Gasteiger partial charge in [-0.2, -0.15) is 0 Å². The molecular formula is C15H16N4O2S. The average molecular weight is 316 g/mol. The number of rotatable bonds is 4. The molecule has 0 unspecified atom stereocenters. The molecule has 0 atom stereocenters. The second kappa shape index (κ2) is 6.23. The van der Waals surface area contributed by atoms with E-state index in [1.54, 1.807) is 4.90 Å². The molecule has 1 aromatic heterocycles. The highest BCUT2D eigenvalue weighted by Gasteiger charge is 2.22. The molecule has 2 aromatic rings. The number of likely N-dealkylation sites (tertiary alicyclic amines) is 1. The van der Waals surface area contributed by atoms with E-state index in [0.717, 1.165) is 17.0 Å². The topological polar surface area (TPSA) is 75.2 Å². The minimum Gasteiger partial charge on any atom is -0.333 e. The maximum absolute atomic E-state index is 11.9. The molecule has 0 aliphatic carbocycles. The van der Waals surface area contributed by atoms with Crippen molar-refractivity contribution in [2.75, 3.05) is 18.4 Å². The van der Waals surface area contributed by atoms with Gasteiger partial charge in [-0.3, -0.25) is 14.9 Å². The fraction of sp³-hybridized carbons (Fsp3) is 0.333. The molecule has 3 rings (SSSR count). The van der Waals surface area contributed by atoms with Crippen molar-refractivity contribution in [3.8, 4) is 10.6 Å². The fourth-order valence-corrected chi connectivity index (χ4v) is 3.06. The number of aromatic nitrogens is 2. The maximum Gasteiger partial charge on any atom is 0.245 e. The lowest BCUT2D eigenvalue weighted by Crippen LogP contribution is -2.33. The molecule has 0 bridgehead atoms. The molecule has 2 heterocycles. The highest BCUT2D eigenvalue weighted by atomic mass is 32.1. The third-order valence-corrected chi connectivity index (χ3v) is 4.36. The minimum absolute atomic E-state index is 0.0350. The number of carbonyl (C=O) groups excluding carboxylic acids is 2. The molecular weight excluding hydrogens is 300 g/mol. The zero-order valence-electron chi connectivity index (χ0n) is 12.2. The van der Waals surface area contributed by atoms with Crippen molar-refractivity contribution in [3.63, 3.8) is 0 Å². The zero-order chi connectivity index (χ0) is 15.5. The first-order valence-electron chi connectivity index (χ1n) is 7.10. The molecule has 2 amide bonds. The molecule has 114 valence electrons. The summed E-state index contributed by atoms with van der Waals surface area (Å²) in [6.45, 7) is 2.75. The van der Waals surface area contributed by atoms with Crippen LogP contribution in [0.15, 0.2) is 24.3 Å². The summed E-state index contributed by atoms with van der Waals surface area (Å²) >= 11 is 1.32. The van der Waals surface area contributed by atoms with Gasteiger partial charge in [0.25, 0.3) is 0 Å². The monoisotopic (exact) mass is 316 g/mol. The molecule has 1 fully saturated rings. The van der Waals surface area contributed by atoms with E-state index in [1.807, 2.05) is 31.2 Å². The smallest absolute Gasteiger partial charge is 0.245 e. The lowest BCUT2D eigenvalue weighted by atomic mass is 10.2. The Kier molecular flexibility index (Phi) is 4.15. The summed E-state index contributed by atoms with van der Waals surface area (Å²) in [5, 5.41) is 12.0. The Morgan fingerprint density at radius 1 is 1.32 bits per heavy atom. The lowest BCUT2D eigenvalue weighted by molar-refractivity contribution is -0.131. The van der Waals surface area contributed by atoms with Gasteiger partial charge >= 0.3 is 0 Å². The van der Waals surface area contributed by atoms with Gasteiger partial charge in [0, 0.05) is 18.5 Å². The second-order valence-corrected chi connectivity index (χ2v) is 6.22. The van der Waals surface area contributed by atoms with Gasteiger partial charge in [-0.15, -0.1) is 10.2 Å². The minimum atomic E-state index is -0.234. The van der Waals surface area contributed by atoms with Crippen molar-refractivity contribution < 1.29 is 9.59 Å². The van der Waals surface area contributed by atoms with Crippen LogP contribution in [0, 0.1) is 6.92 Å². The predicted octanol–water partition coefficient (Wildman–Crippen LogP) is 2.07. The Morgan fingerprint density at radius 3 is 2.77 bits per heavy atom. The Bertz CT molecular complexity index is 696. The second-order valence-electron chi connectivity index (χ2n) is 5.25. The van der Waals surface area contributed by atoms with Crippen molar-refractivity contribution in [1.82, 2.24) is 15.1 Å². The number of hydrogen-bond acceptors (Lipinski definition) is 5. The van der Waals surface area contributed by atoms with Gasteiger partial charge in [0.15, 0.2) is 0 Å². The Morgan fingerprint density at radius 2 is 2.09 bits per heavy atom. The molecule has 1 aliphatic heterocycles. The van der Waals surface area contributed by atoms with Gasteiger partial charge in [-0.05, 0) is 13.3 Å². The molecule has 0 saturated carbocycles. The van der Waals surface area contributed by atoms with E-state index < -0.39 is 0 Å². The Hall–Kier alpha value is -2.28. The van der Waals surface area contributed by atoms with E-state index in [1.165, 1.54) is 16.9 Å². The summed E-state index contributed by atoms with van der Waals surface area (Å²) in [7, 11) is 0. The molecule has 22 heavy (non-hydrogen) atoms. The summed E-state index contributed by atoms with van der Waals surface area (Å²) in [4.78, 5) is 25.0. The van der Waals surface area contributed by atoms with E-state index in [0.29, 0.717) is 18.1 Å². The number of aryl methyl sites for hydroxylation is 1. The summed E-state index contributed by atoms with van der Waals surface area (Å²) in [6, 6.07) is 7.97. The van der Waals surface area contributed by atoms with Crippen molar-refractivity contribution in [1.29, 1.82) is 0 Å². The van der Waals surface area contributed by atoms with Crippen LogP contribution in [0.25, 0.3) is 10.6 Å². The molecule has 0 spiro atoms. The SMILES string of the molecule is Cc1ccc(-c2nnc(NC(=O)CN3CCCC3=O)s2)cc1. The van der Waals surface area contributed by atoms with Crippen molar-refractivity contribution in [2.24, 2.45) is 0 Å². The van der Waals surface area contributed by atoms with E-state index in [4.69, 9.17) is 0 Å². The maximum atomic E-state index is 11.9. The van der Waals surface area contributed by atoms with E-state index in [-0.39, 0.29) is 18.4 Å². The van der Waals surface area contributed by atoms with Crippen LogP contribution in [-0.2, 0) is 9.59 Å². The largest absolute Gasteiger partial charge is 0.333 e. The van der Waals surface area contributed by atoms with Crippen LogP contribution in [0.2, 0.25) is 0 Å². The molecule has 6 nitrogen and oxygen atoms in total. The molecule has 1 aliphatic rings. The first kappa shape index (κ1) is 14.6. The van der Waals surface area contributed by atoms with Crippen LogP contribution < -0.4 is 5.32 Å². The normalized spacial score (nSPS) is 14.4. The first-order valence-corrected chi connectivity index (χ1v) is 7.91. The average Bonchev–Trinajstić information content (AvgIpc) is 3.10. The van der Waals surface area contributed by atoms with Crippen LogP contribution in [0.1, 0.15) is 18.4 Å². The number of nitrogens with one attached hydrogen (secondary N) is 1. The molecule has 1 N–H and O–H groups in total. The van der Waals surface area contributed by atoms with Gasteiger partial charge in [0.05, 0.1) is 6.54 Å². The van der Waals surface area contributed by atoms with Crippen LogP contribution in [-0.4, -0.2) is 40.0 Å². The third kappa shape index (κ3) is 3.30. The number of benzene rings is 1. The van der Waals surface area contributed by atoms with Gasteiger partial charge in [0.1, 0.15) is 5.01 Å². The summed E-state index contributed by atoms with van der Waals surface area (Å²) < 4.78 is 0. The number of carbonyl (C=O) groups is 2. The highest BCUT2D eigenvalue weighted by Crippen LogP contribution is 2.26. The van der Waals surface area contributed by atoms with Crippen molar-refractivity contribution in [2.45, 2.75) is 19.8 Å². The Balaban J connectivity index is 1.62. The standard InChI is InChI=1S/C15H16N4O2S/c1-10-4-6-11(7-5-10)14-17-18-15(22-14)16-12(20)9-19-8-2-3-13(19)21/h4-7H,2-3,8-9H2,1H3,(H,16,18,20). The highest BCUT2D eigenvalue weighted by molar-refractivity contribution is 7.18. The zero-order valence-corrected chi connectivity index (χ0v) is 13.0. The van der Waals surface area contributed by atoms with Crippen LogP contribution in [0.5, 0.6) is 0 Å². The van der Waals surface area contributed by atoms with Crippen molar-refractivity contribution >= 4 is 28.3 Å². The Labute approximate surface area is 132 Å².